The molecule has 0 radical (unpaired) electrons. The second-order valence-corrected chi connectivity index (χ2v) is 6.62. The van der Waals surface area contributed by atoms with Crippen LogP contribution in [0.1, 0.15) is 28.7 Å². The van der Waals surface area contributed by atoms with E-state index < -0.39 is 0 Å². The fraction of sp³-hybridized carbons (Fsp3) is 0.350. The third kappa shape index (κ3) is 4.20. The number of nitrogens with one attached hydrogen (secondary N) is 2. The number of amides is 1. The van der Waals surface area contributed by atoms with Gasteiger partial charge in [-0.2, -0.15) is 0 Å². The molecular formula is C20H25N2O+. The molecule has 1 heterocycles. The van der Waals surface area contributed by atoms with Crippen molar-refractivity contribution in [3.63, 3.8) is 0 Å². The maximum absolute atomic E-state index is 12.2. The molecular weight excluding hydrogens is 284 g/mol. The van der Waals surface area contributed by atoms with Crippen molar-refractivity contribution in [1.82, 2.24) is 0 Å². The van der Waals surface area contributed by atoms with E-state index in [1.807, 2.05) is 12.1 Å². The van der Waals surface area contributed by atoms with E-state index in [1.54, 1.807) is 0 Å². The molecule has 120 valence electrons. The monoisotopic (exact) mass is 309 g/mol. The molecule has 0 spiro atoms. The first-order valence-electron chi connectivity index (χ1n) is 8.38. The Morgan fingerprint density at radius 3 is 2.52 bits per heavy atom. The van der Waals surface area contributed by atoms with Crippen molar-refractivity contribution >= 4 is 11.6 Å². The van der Waals surface area contributed by atoms with Crippen LogP contribution in [0, 0.1) is 13.8 Å². The van der Waals surface area contributed by atoms with Crippen LogP contribution in [-0.2, 0) is 17.8 Å². The number of hydrogen-bond acceptors (Lipinski definition) is 1. The van der Waals surface area contributed by atoms with Crippen molar-refractivity contribution in [3.8, 4) is 0 Å². The lowest BCUT2D eigenvalue weighted by Crippen LogP contribution is -3.11. The quantitative estimate of drug-likeness (QED) is 0.892. The molecule has 1 amide bonds. The van der Waals surface area contributed by atoms with Crippen molar-refractivity contribution in [3.05, 3.63) is 64.7 Å². The van der Waals surface area contributed by atoms with Gasteiger partial charge in [0.1, 0.15) is 6.54 Å². The normalized spacial score (nSPS) is 16.7. The van der Waals surface area contributed by atoms with Gasteiger partial charge in [0.15, 0.2) is 0 Å². The van der Waals surface area contributed by atoms with Crippen LogP contribution in [-0.4, -0.2) is 19.0 Å². The summed E-state index contributed by atoms with van der Waals surface area (Å²) in [7, 11) is 0. The van der Waals surface area contributed by atoms with E-state index in [9.17, 15) is 4.79 Å². The van der Waals surface area contributed by atoms with Gasteiger partial charge in [0.05, 0.1) is 19.5 Å². The summed E-state index contributed by atoms with van der Waals surface area (Å²) in [6.45, 7) is 7.15. The van der Waals surface area contributed by atoms with Crippen LogP contribution in [0.2, 0.25) is 0 Å². The molecule has 0 aromatic heterocycles. The van der Waals surface area contributed by atoms with E-state index in [0.717, 1.165) is 31.7 Å². The number of quaternary nitrogens is 1. The minimum atomic E-state index is 0.112. The molecule has 3 rings (SSSR count). The van der Waals surface area contributed by atoms with Crippen molar-refractivity contribution < 1.29 is 9.69 Å². The maximum atomic E-state index is 12.2. The number of carbonyl (C=O) groups is 1. The summed E-state index contributed by atoms with van der Waals surface area (Å²) in [5.74, 6) is 0.112. The Morgan fingerprint density at radius 2 is 1.78 bits per heavy atom. The van der Waals surface area contributed by atoms with Crippen molar-refractivity contribution in [1.29, 1.82) is 0 Å². The molecule has 2 aromatic carbocycles. The Bertz CT molecular complexity index is 688. The molecule has 1 aliphatic heterocycles. The van der Waals surface area contributed by atoms with Gasteiger partial charge < -0.3 is 10.2 Å². The van der Waals surface area contributed by atoms with Crippen LogP contribution < -0.4 is 10.2 Å². The van der Waals surface area contributed by atoms with E-state index >= 15 is 0 Å². The van der Waals surface area contributed by atoms with Crippen molar-refractivity contribution in [2.45, 2.75) is 33.2 Å². The van der Waals surface area contributed by atoms with E-state index in [1.165, 1.54) is 27.2 Å². The van der Waals surface area contributed by atoms with Gasteiger partial charge in [0, 0.05) is 17.7 Å². The standard InChI is InChI=1S/C20H24N2O/c1-15-11-16(2)13-19(12-15)21-20(23)8-10-22-9-7-17-5-3-4-6-18(17)14-22/h3-6,11-13H,7-10,14H2,1-2H3,(H,21,23)/p+1. The molecule has 23 heavy (non-hydrogen) atoms. The number of benzene rings is 2. The molecule has 1 atom stereocenters. The maximum Gasteiger partial charge on any atom is 0.230 e. The number of hydrogen-bond donors (Lipinski definition) is 2. The molecule has 2 N–H and O–H groups in total. The van der Waals surface area contributed by atoms with Gasteiger partial charge in [-0.1, -0.05) is 30.3 Å². The summed E-state index contributed by atoms with van der Waals surface area (Å²) in [5.41, 5.74) is 6.17. The average molecular weight is 309 g/mol. The van der Waals surface area contributed by atoms with E-state index in [0.29, 0.717) is 6.42 Å². The highest BCUT2D eigenvalue weighted by atomic mass is 16.1. The third-order valence-corrected chi connectivity index (χ3v) is 4.52. The van der Waals surface area contributed by atoms with Crippen LogP contribution in [0.4, 0.5) is 5.69 Å². The van der Waals surface area contributed by atoms with Gasteiger partial charge in [-0.15, -0.1) is 0 Å². The molecule has 0 aliphatic carbocycles. The molecule has 0 saturated heterocycles. The summed E-state index contributed by atoms with van der Waals surface area (Å²) in [6.07, 6.45) is 1.69. The van der Waals surface area contributed by atoms with Crippen LogP contribution in [0.15, 0.2) is 42.5 Å². The zero-order valence-electron chi connectivity index (χ0n) is 14.0. The lowest BCUT2D eigenvalue weighted by molar-refractivity contribution is -0.915. The first-order valence-corrected chi connectivity index (χ1v) is 8.38. The molecule has 3 nitrogen and oxygen atoms in total. The number of aryl methyl sites for hydroxylation is 2. The van der Waals surface area contributed by atoms with Crippen LogP contribution in [0.5, 0.6) is 0 Å². The first-order chi connectivity index (χ1) is 11.1. The number of fused-ring (bicyclic) bond motifs is 1. The molecule has 0 saturated carbocycles. The van der Waals surface area contributed by atoms with E-state index in [-0.39, 0.29) is 5.91 Å². The average Bonchev–Trinajstić information content (AvgIpc) is 2.52. The summed E-state index contributed by atoms with van der Waals surface area (Å²) < 4.78 is 0. The van der Waals surface area contributed by atoms with Crippen LogP contribution in [0.25, 0.3) is 0 Å². The summed E-state index contributed by atoms with van der Waals surface area (Å²) in [4.78, 5) is 13.7. The van der Waals surface area contributed by atoms with E-state index in [4.69, 9.17) is 0 Å². The molecule has 0 bridgehead atoms. The molecule has 3 heteroatoms. The first kappa shape index (κ1) is 15.8. The molecule has 1 unspecified atom stereocenters. The fourth-order valence-electron chi connectivity index (χ4n) is 3.42. The number of rotatable bonds is 4. The largest absolute Gasteiger partial charge is 0.330 e. The second-order valence-electron chi connectivity index (χ2n) is 6.62. The van der Waals surface area contributed by atoms with Gasteiger partial charge in [0.2, 0.25) is 5.91 Å². The highest BCUT2D eigenvalue weighted by molar-refractivity contribution is 5.90. The Kier molecular flexibility index (Phi) is 4.77. The zero-order chi connectivity index (χ0) is 16.2. The highest BCUT2D eigenvalue weighted by Gasteiger charge is 2.19. The molecule has 0 fully saturated rings. The summed E-state index contributed by atoms with van der Waals surface area (Å²) in [6, 6.07) is 14.8. The van der Waals surface area contributed by atoms with Gasteiger partial charge in [-0.05, 0) is 42.7 Å². The summed E-state index contributed by atoms with van der Waals surface area (Å²) >= 11 is 0. The number of anilines is 1. The van der Waals surface area contributed by atoms with Gasteiger partial charge in [-0.3, -0.25) is 4.79 Å². The minimum absolute atomic E-state index is 0.112. The van der Waals surface area contributed by atoms with Crippen molar-refractivity contribution in [2.75, 3.05) is 18.4 Å². The Balaban J connectivity index is 1.52. The topological polar surface area (TPSA) is 33.5 Å². The number of carbonyl (C=O) groups excluding carboxylic acids is 1. The highest BCUT2D eigenvalue weighted by Crippen LogP contribution is 2.14. The van der Waals surface area contributed by atoms with Gasteiger partial charge >= 0.3 is 0 Å². The SMILES string of the molecule is Cc1cc(C)cc(NC(=O)CC[NH+]2CCc3ccccc3C2)c1. The predicted molar refractivity (Wildman–Crippen MR) is 93.7 cm³/mol. The zero-order valence-corrected chi connectivity index (χ0v) is 14.0. The fourth-order valence-corrected chi connectivity index (χ4v) is 3.42. The smallest absolute Gasteiger partial charge is 0.230 e. The van der Waals surface area contributed by atoms with Crippen LogP contribution in [0.3, 0.4) is 0 Å². The lowest BCUT2D eigenvalue weighted by Gasteiger charge is -2.25. The third-order valence-electron chi connectivity index (χ3n) is 4.52. The van der Waals surface area contributed by atoms with Crippen LogP contribution >= 0.6 is 0 Å². The summed E-state index contributed by atoms with van der Waals surface area (Å²) in [5, 5.41) is 3.03. The van der Waals surface area contributed by atoms with Gasteiger partial charge in [-0.25, -0.2) is 0 Å². The van der Waals surface area contributed by atoms with Crippen molar-refractivity contribution in [2.24, 2.45) is 0 Å². The second kappa shape index (κ2) is 6.97. The molecule has 1 aliphatic rings. The Morgan fingerprint density at radius 1 is 1.09 bits per heavy atom. The van der Waals surface area contributed by atoms with E-state index in [2.05, 4.69) is 49.5 Å². The molecule has 2 aromatic rings. The Hall–Kier alpha value is -2.13. The Labute approximate surface area is 138 Å². The minimum Gasteiger partial charge on any atom is -0.330 e. The lowest BCUT2D eigenvalue weighted by atomic mass is 10.00. The van der Waals surface area contributed by atoms with Gasteiger partial charge in [0.25, 0.3) is 0 Å². The predicted octanol–water partition coefficient (Wildman–Crippen LogP) is 2.27.